The van der Waals surface area contributed by atoms with Crippen molar-refractivity contribution < 1.29 is 4.79 Å². The molecule has 0 heterocycles. The lowest BCUT2D eigenvalue weighted by atomic mass is 10.2. The molecule has 2 rings (SSSR count). The van der Waals surface area contributed by atoms with Crippen molar-refractivity contribution >= 4 is 17.5 Å². The summed E-state index contributed by atoms with van der Waals surface area (Å²) in [6.07, 6.45) is 2.54. The molecule has 0 bridgehead atoms. The zero-order valence-electron chi connectivity index (χ0n) is 9.00. The number of halogens is 1. The number of carbonyl (C=O) groups excluding carboxylic acids is 1. The fourth-order valence-electron chi connectivity index (χ4n) is 1.44. The molecule has 1 aromatic rings. The van der Waals surface area contributed by atoms with E-state index in [0.717, 1.165) is 6.54 Å². The van der Waals surface area contributed by atoms with Gasteiger partial charge in [0.15, 0.2) is 0 Å². The SMILES string of the molecule is O=C(NCCNC1CC1)c1ccc(Cl)cc1. The van der Waals surface area contributed by atoms with E-state index in [-0.39, 0.29) is 5.91 Å². The van der Waals surface area contributed by atoms with Crippen molar-refractivity contribution in [2.24, 2.45) is 0 Å². The summed E-state index contributed by atoms with van der Waals surface area (Å²) in [6.45, 7) is 1.50. The van der Waals surface area contributed by atoms with E-state index >= 15 is 0 Å². The molecule has 1 aliphatic rings. The highest BCUT2D eigenvalue weighted by atomic mass is 35.5. The van der Waals surface area contributed by atoms with Crippen LogP contribution in [0.1, 0.15) is 23.2 Å². The van der Waals surface area contributed by atoms with Crippen molar-refractivity contribution in [3.63, 3.8) is 0 Å². The summed E-state index contributed by atoms with van der Waals surface area (Å²) in [6, 6.07) is 7.59. The van der Waals surface area contributed by atoms with Crippen LogP contribution >= 0.6 is 11.6 Å². The molecule has 1 amide bonds. The summed E-state index contributed by atoms with van der Waals surface area (Å²) < 4.78 is 0. The molecule has 1 aliphatic carbocycles. The van der Waals surface area contributed by atoms with Crippen LogP contribution < -0.4 is 10.6 Å². The molecule has 16 heavy (non-hydrogen) atoms. The molecule has 1 aromatic carbocycles. The van der Waals surface area contributed by atoms with Gasteiger partial charge in [0.05, 0.1) is 0 Å². The molecule has 0 atom stereocenters. The first-order chi connectivity index (χ1) is 7.75. The van der Waals surface area contributed by atoms with Crippen LogP contribution in [0.4, 0.5) is 0 Å². The highest BCUT2D eigenvalue weighted by Crippen LogP contribution is 2.17. The van der Waals surface area contributed by atoms with Gasteiger partial charge in [-0.3, -0.25) is 4.79 Å². The van der Waals surface area contributed by atoms with Crippen molar-refractivity contribution in [2.75, 3.05) is 13.1 Å². The second-order valence-corrected chi connectivity index (χ2v) is 4.43. The standard InChI is InChI=1S/C12H15ClN2O/c13-10-3-1-9(2-4-10)12(16)15-8-7-14-11-5-6-11/h1-4,11,14H,5-8H2,(H,15,16). The second kappa shape index (κ2) is 5.32. The topological polar surface area (TPSA) is 41.1 Å². The average Bonchev–Trinajstić information content (AvgIpc) is 3.09. The van der Waals surface area contributed by atoms with Crippen molar-refractivity contribution in [1.82, 2.24) is 10.6 Å². The number of benzene rings is 1. The zero-order valence-corrected chi connectivity index (χ0v) is 9.76. The molecule has 4 heteroatoms. The van der Waals surface area contributed by atoms with Crippen LogP contribution in [0, 0.1) is 0 Å². The highest BCUT2D eigenvalue weighted by molar-refractivity contribution is 6.30. The lowest BCUT2D eigenvalue weighted by Crippen LogP contribution is -2.32. The summed E-state index contributed by atoms with van der Waals surface area (Å²) in [4.78, 5) is 11.6. The molecule has 1 saturated carbocycles. The predicted molar refractivity (Wildman–Crippen MR) is 64.8 cm³/mol. The maximum absolute atomic E-state index is 11.6. The van der Waals surface area contributed by atoms with Gasteiger partial charge in [0, 0.05) is 29.7 Å². The molecule has 1 fully saturated rings. The first-order valence-corrected chi connectivity index (χ1v) is 5.90. The lowest BCUT2D eigenvalue weighted by Gasteiger charge is -2.05. The van der Waals surface area contributed by atoms with Gasteiger partial charge in [-0.1, -0.05) is 11.6 Å². The minimum atomic E-state index is -0.0470. The van der Waals surface area contributed by atoms with Gasteiger partial charge in [-0.15, -0.1) is 0 Å². The van der Waals surface area contributed by atoms with Crippen molar-refractivity contribution in [3.8, 4) is 0 Å². The number of rotatable bonds is 5. The summed E-state index contributed by atoms with van der Waals surface area (Å²) >= 11 is 5.74. The summed E-state index contributed by atoms with van der Waals surface area (Å²) in [5.41, 5.74) is 0.649. The lowest BCUT2D eigenvalue weighted by molar-refractivity contribution is 0.0954. The minimum absolute atomic E-state index is 0.0470. The van der Waals surface area contributed by atoms with E-state index in [4.69, 9.17) is 11.6 Å². The first-order valence-electron chi connectivity index (χ1n) is 5.53. The van der Waals surface area contributed by atoms with E-state index in [0.29, 0.717) is 23.2 Å². The number of hydrogen-bond donors (Lipinski definition) is 2. The van der Waals surface area contributed by atoms with Crippen molar-refractivity contribution in [3.05, 3.63) is 34.9 Å². The van der Waals surface area contributed by atoms with Crippen LogP contribution in [0.5, 0.6) is 0 Å². The van der Waals surface area contributed by atoms with Gasteiger partial charge in [0.1, 0.15) is 0 Å². The number of nitrogens with one attached hydrogen (secondary N) is 2. The maximum atomic E-state index is 11.6. The molecule has 2 N–H and O–H groups in total. The van der Waals surface area contributed by atoms with Gasteiger partial charge in [-0.05, 0) is 37.1 Å². The molecular formula is C12H15ClN2O. The molecule has 86 valence electrons. The smallest absolute Gasteiger partial charge is 0.251 e. The van der Waals surface area contributed by atoms with Gasteiger partial charge in [0.2, 0.25) is 0 Å². The van der Waals surface area contributed by atoms with Crippen molar-refractivity contribution in [1.29, 1.82) is 0 Å². The quantitative estimate of drug-likeness (QED) is 0.769. The van der Waals surface area contributed by atoms with Crippen LogP contribution in [-0.4, -0.2) is 25.0 Å². The third-order valence-corrected chi connectivity index (χ3v) is 2.78. The van der Waals surface area contributed by atoms with Gasteiger partial charge in [-0.2, -0.15) is 0 Å². The van der Waals surface area contributed by atoms with Crippen LogP contribution in [-0.2, 0) is 0 Å². The molecule has 0 aliphatic heterocycles. The summed E-state index contributed by atoms with van der Waals surface area (Å²) in [7, 11) is 0. The molecule has 3 nitrogen and oxygen atoms in total. The Morgan fingerprint density at radius 2 is 1.94 bits per heavy atom. The number of carbonyl (C=O) groups is 1. The molecule has 0 unspecified atom stereocenters. The fraction of sp³-hybridized carbons (Fsp3) is 0.417. The van der Waals surface area contributed by atoms with Gasteiger partial charge >= 0.3 is 0 Å². The molecular weight excluding hydrogens is 224 g/mol. The van der Waals surface area contributed by atoms with E-state index in [1.807, 2.05) is 0 Å². The maximum Gasteiger partial charge on any atom is 0.251 e. The zero-order chi connectivity index (χ0) is 11.4. The van der Waals surface area contributed by atoms with Crippen LogP contribution in [0.2, 0.25) is 5.02 Å². The van der Waals surface area contributed by atoms with Crippen molar-refractivity contribution in [2.45, 2.75) is 18.9 Å². The Labute approximate surface area is 100 Å². The largest absolute Gasteiger partial charge is 0.351 e. The summed E-state index contributed by atoms with van der Waals surface area (Å²) in [5.74, 6) is -0.0470. The monoisotopic (exact) mass is 238 g/mol. The normalized spacial score (nSPS) is 14.8. The minimum Gasteiger partial charge on any atom is -0.351 e. The van der Waals surface area contributed by atoms with Crippen LogP contribution in [0.15, 0.2) is 24.3 Å². The number of amides is 1. The average molecular weight is 239 g/mol. The van der Waals surface area contributed by atoms with Gasteiger partial charge in [0.25, 0.3) is 5.91 Å². The molecule has 0 spiro atoms. The number of hydrogen-bond acceptors (Lipinski definition) is 2. The Balaban J connectivity index is 1.71. The molecule has 0 radical (unpaired) electrons. The Bertz CT molecular complexity index is 360. The van der Waals surface area contributed by atoms with E-state index in [9.17, 15) is 4.79 Å². The van der Waals surface area contributed by atoms with Crippen LogP contribution in [0.3, 0.4) is 0 Å². The van der Waals surface area contributed by atoms with Gasteiger partial charge in [-0.25, -0.2) is 0 Å². The third kappa shape index (κ3) is 3.51. The fourth-order valence-corrected chi connectivity index (χ4v) is 1.57. The highest BCUT2D eigenvalue weighted by Gasteiger charge is 2.19. The van der Waals surface area contributed by atoms with E-state index in [1.54, 1.807) is 24.3 Å². The van der Waals surface area contributed by atoms with Gasteiger partial charge < -0.3 is 10.6 Å². The third-order valence-electron chi connectivity index (χ3n) is 2.53. The Morgan fingerprint density at radius 3 is 2.56 bits per heavy atom. The second-order valence-electron chi connectivity index (χ2n) is 3.99. The Kier molecular flexibility index (Phi) is 3.80. The van der Waals surface area contributed by atoms with E-state index < -0.39 is 0 Å². The van der Waals surface area contributed by atoms with E-state index in [1.165, 1.54) is 12.8 Å². The molecule has 0 aromatic heterocycles. The molecule has 0 saturated heterocycles. The Morgan fingerprint density at radius 1 is 1.25 bits per heavy atom. The summed E-state index contributed by atoms with van der Waals surface area (Å²) in [5, 5.41) is 6.84. The predicted octanol–water partition coefficient (Wildman–Crippen LogP) is 1.82. The van der Waals surface area contributed by atoms with Crippen LogP contribution in [0.25, 0.3) is 0 Å². The first kappa shape index (κ1) is 11.4. The van der Waals surface area contributed by atoms with E-state index in [2.05, 4.69) is 10.6 Å². The Hall–Kier alpha value is -1.06.